The minimum atomic E-state index is 0.0568. The summed E-state index contributed by atoms with van der Waals surface area (Å²) in [6.45, 7) is 10.9. The first-order chi connectivity index (χ1) is 12.2. The van der Waals surface area contributed by atoms with Gasteiger partial charge in [0.1, 0.15) is 12.4 Å². The average Bonchev–Trinajstić information content (AvgIpc) is 3.13. The lowest BCUT2D eigenvalue weighted by Crippen LogP contribution is -2.27. The van der Waals surface area contributed by atoms with E-state index < -0.39 is 0 Å². The molecule has 0 fully saturated rings. The number of hydrogen-bond acceptors (Lipinski definition) is 6. The van der Waals surface area contributed by atoms with Gasteiger partial charge in [0.15, 0.2) is 5.76 Å². The van der Waals surface area contributed by atoms with Crippen molar-refractivity contribution in [1.29, 1.82) is 0 Å². The van der Waals surface area contributed by atoms with E-state index in [1.54, 1.807) is 13.2 Å². The number of hydrogen-bond donors (Lipinski definition) is 1. The van der Waals surface area contributed by atoms with Gasteiger partial charge in [-0.25, -0.2) is 0 Å². The largest absolute Gasteiger partial charge is 0.492 e. The zero-order chi connectivity index (χ0) is 18.1. The molecule has 6 nitrogen and oxygen atoms in total. The Balaban J connectivity index is 1.76. The Hall–Kier alpha value is -2.05. The van der Waals surface area contributed by atoms with Crippen molar-refractivity contribution in [2.75, 3.05) is 33.4 Å². The van der Waals surface area contributed by atoms with Crippen molar-refractivity contribution in [2.45, 2.75) is 33.4 Å². The third kappa shape index (κ3) is 6.07. The minimum Gasteiger partial charge on any atom is -0.492 e. The van der Waals surface area contributed by atoms with E-state index in [2.05, 4.69) is 41.4 Å². The number of methoxy groups -OCH3 is 1. The van der Waals surface area contributed by atoms with E-state index in [9.17, 15) is 0 Å². The number of rotatable bonds is 11. The fourth-order valence-corrected chi connectivity index (χ4v) is 2.48. The highest BCUT2D eigenvalue weighted by Gasteiger charge is 2.12. The maximum atomic E-state index is 5.81. The molecule has 1 heterocycles. The van der Waals surface area contributed by atoms with Crippen LogP contribution in [0.15, 0.2) is 34.9 Å². The molecule has 1 aromatic heterocycles. The summed E-state index contributed by atoms with van der Waals surface area (Å²) in [7, 11) is 1.57. The zero-order valence-corrected chi connectivity index (χ0v) is 15.6. The van der Waals surface area contributed by atoms with Gasteiger partial charge in [0.25, 0.3) is 5.88 Å². The average molecular weight is 347 g/mol. The number of nitrogens with one attached hydrogen (secondary N) is 1. The summed E-state index contributed by atoms with van der Waals surface area (Å²) in [6, 6.07) is 10.0. The maximum Gasteiger partial charge on any atom is 0.254 e. The lowest BCUT2D eigenvalue weighted by molar-refractivity contribution is 0.223. The zero-order valence-electron chi connectivity index (χ0n) is 15.6. The summed E-state index contributed by atoms with van der Waals surface area (Å²) in [5.74, 6) is 2.16. The second kappa shape index (κ2) is 10.1. The molecule has 0 saturated heterocycles. The molecule has 0 saturated carbocycles. The maximum absolute atomic E-state index is 5.81. The molecule has 0 bridgehead atoms. The van der Waals surface area contributed by atoms with Gasteiger partial charge in [-0.2, -0.15) is 0 Å². The molecule has 0 aliphatic heterocycles. The fourth-order valence-electron chi connectivity index (χ4n) is 2.48. The predicted octanol–water partition coefficient (Wildman–Crippen LogP) is 3.25. The van der Waals surface area contributed by atoms with Gasteiger partial charge in [-0.1, -0.05) is 26.0 Å². The number of ether oxygens (including phenoxy) is 2. The van der Waals surface area contributed by atoms with Gasteiger partial charge < -0.3 is 24.2 Å². The molecule has 1 aromatic carbocycles. The lowest BCUT2D eigenvalue weighted by Gasteiger charge is -2.18. The summed E-state index contributed by atoms with van der Waals surface area (Å²) < 4.78 is 16.1. The summed E-state index contributed by atoms with van der Waals surface area (Å²) in [5, 5.41) is 7.23. The van der Waals surface area contributed by atoms with Crippen LogP contribution in [-0.4, -0.2) is 43.4 Å². The van der Waals surface area contributed by atoms with Crippen molar-refractivity contribution in [3.63, 3.8) is 0 Å². The number of aromatic nitrogens is 1. The monoisotopic (exact) mass is 347 g/mol. The normalized spacial score (nSPS) is 12.4. The molecule has 2 rings (SSSR count). The van der Waals surface area contributed by atoms with Crippen LogP contribution in [0, 0.1) is 0 Å². The topological polar surface area (TPSA) is 59.8 Å². The lowest BCUT2D eigenvalue weighted by atomic mass is 10.2. The Morgan fingerprint density at radius 1 is 1.20 bits per heavy atom. The van der Waals surface area contributed by atoms with Crippen molar-refractivity contribution in [3.05, 3.63) is 41.7 Å². The van der Waals surface area contributed by atoms with Gasteiger partial charge in [-0.3, -0.25) is 0 Å². The van der Waals surface area contributed by atoms with Gasteiger partial charge in [-0.15, -0.1) is 0 Å². The van der Waals surface area contributed by atoms with Crippen molar-refractivity contribution < 1.29 is 14.0 Å². The molecule has 25 heavy (non-hydrogen) atoms. The predicted molar refractivity (Wildman–Crippen MR) is 98.0 cm³/mol. The van der Waals surface area contributed by atoms with Crippen molar-refractivity contribution in [2.24, 2.45) is 0 Å². The summed E-state index contributed by atoms with van der Waals surface area (Å²) >= 11 is 0. The third-order valence-electron chi connectivity index (χ3n) is 4.25. The second-order valence-corrected chi connectivity index (χ2v) is 5.89. The molecule has 0 spiro atoms. The van der Waals surface area contributed by atoms with Gasteiger partial charge in [-0.05, 0) is 42.9 Å². The number of nitrogens with zero attached hydrogens (tertiary/aromatic N) is 2. The molecule has 0 radical (unpaired) electrons. The van der Waals surface area contributed by atoms with Crippen LogP contribution in [-0.2, 0) is 6.54 Å². The molecule has 1 atom stereocenters. The summed E-state index contributed by atoms with van der Waals surface area (Å²) in [6.07, 6.45) is 0. The number of likely N-dealkylation sites (N-methyl/N-ethyl adjacent to an activating group) is 1. The fraction of sp³-hybridized carbons (Fsp3) is 0.526. The highest BCUT2D eigenvalue weighted by atomic mass is 16.5. The van der Waals surface area contributed by atoms with E-state index in [0.717, 1.165) is 37.7 Å². The Bertz CT molecular complexity index is 609. The second-order valence-electron chi connectivity index (χ2n) is 5.89. The summed E-state index contributed by atoms with van der Waals surface area (Å²) in [5.41, 5.74) is 1.19. The molecule has 1 N–H and O–H groups in total. The molecule has 6 heteroatoms. The highest BCUT2D eigenvalue weighted by molar-refractivity contribution is 5.27. The van der Waals surface area contributed by atoms with E-state index in [1.807, 2.05) is 19.1 Å². The van der Waals surface area contributed by atoms with E-state index in [0.29, 0.717) is 12.5 Å². The first-order valence-corrected chi connectivity index (χ1v) is 8.84. The van der Waals surface area contributed by atoms with Crippen LogP contribution in [0.1, 0.15) is 38.1 Å². The van der Waals surface area contributed by atoms with Crippen LogP contribution >= 0.6 is 0 Å². The summed E-state index contributed by atoms with van der Waals surface area (Å²) in [4.78, 5) is 2.35. The van der Waals surface area contributed by atoms with Crippen LogP contribution in [0.5, 0.6) is 11.6 Å². The first-order valence-electron chi connectivity index (χ1n) is 8.84. The van der Waals surface area contributed by atoms with Crippen LogP contribution < -0.4 is 14.8 Å². The van der Waals surface area contributed by atoms with Crippen LogP contribution in [0.3, 0.4) is 0 Å². The molecule has 1 unspecified atom stereocenters. The van der Waals surface area contributed by atoms with E-state index in [4.69, 9.17) is 14.0 Å². The Labute approximate surface area is 150 Å². The molecule has 0 aliphatic carbocycles. The Kier molecular flexibility index (Phi) is 7.76. The molecule has 2 aromatic rings. The van der Waals surface area contributed by atoms with Crippen LogP contribution in [0.4, 0.5) is 0 Å². The van der Waals surface area contributed by atoms with Crippen LogP contribution in [0.25, 0.3) is 0 Å². The van der Waals surface area contributed by atoms with Gasteiger partial charge in [0.2, 0.25) is 0 Å². The first kappa shape index (κ1) is 19.3. The third-order valence-corrected chi connectivity index (χ3v) is 4.25. The molecular weight excluding hydrogens is 318 g/mol. The minimum absolute atomic E-state index is 0.0568. The van der Waals surface area contributed by atoms with Gasteiger partial charge in [0.05, 0.1) is 13.2 Å². The van der Waals surface area contributed by atoms with E-state index in [1.165, 1.54) is 5.56 Å². The quantitative estimate of drug-likeness (QED) is 0.673. The molecule has 0 aliphatic rings. The van der Waals surface area contributed by atoms with Crippen molar-refractivity contribution in [3.8, 4) is 11.6 Å². The Morgan fingerprint density at radius 2 is 1.92 bits per heavy atom. The van der Waals surface area contributed by atoms with Gasteiger partial charge in [0, 0.05) is 19.2 Å². The smallest absolute Gasteiger partial charge is 0.254 e. The highest BCUT2D eigenvalue weighted by Crippen LogP contribution is 2.19. The standard InChI is InChI=1S/C19H29N3O3/c1-5-22(6-2)11-12-24-17-9-7-16(8-10-17)14-20-15(3)18-13-19(23-4)21-25-18/h7-10,13,15,20H,5-6,11-12,14H2,1-4H3. The molecule has 138 valence electrons. The Morgan fingerprint density at radius 3 is 2.52 bits per heavy atom. The van der Waals surface area contributed by atoms with Crippen LogP contribution in [0.2, 0.25) is 0 Å². The SMILES string of the molecule is CCN(CC)CCOc1ccc(CNC(C)c2cc(OC)no2)cc1. The molecule has 0 amide bonds. The van der Waals surface area contributed by atoms with E-state index >= 15 is 0 Å². The van der Waals surface area contributed by atoms with Crippen molar-refractivity contribution >= 4 is 0 Å². The van der Waals surface area contributed by atoms with Gasteiger partial charge >= 0.3 is 0 Å². The molecular formula is C19H29N3O3. The number of benzene rings is 1. The van der Waals surface area contributed by atoms with Crippen molar-refractivity contribution in [1.82, 2.24) is 15.4 Å². The van der Waals surface area contributed by atoms with E-state index in [-0.39, 0.29) is 6.04 Å².